The standard InChI is InChI=1S/C30H44O2.C10H20O2/c1-2-3-4-5-6-7-8-9-10-11-12-13-14-21-26-30(29(31)32,27-22-17-15-18-23-27)28-24-19-16-20-25-28;1-10(2,3)8-6-4-5-7-9(11)12/h15-20,22-25H,2-14,21,26H2,1H3,(H,31,32);4-8H2,1-3H3,(H,11,12). The number of aliphatic carboxylic acids is 2. The molecule has 248 valence electrons. The van der Waals surface area contributed by atoms with Gasteiger partial charge in [-0.05, 0) is 35.8 Å². The van der Waals surface area contributed by atoms with Crippen LogP contribution in [0.5, 0.6) is 0 Å². The summed E-state index contributed by atoms with van der Waals surface area (Å²) in [5.74, 6) is -1.42. The SMILES string of the molecule is CC(C)(C)CCCCCC(=O)O.CCCCCCCCCCCCCCCCC(C(=O)O)(c1ccccc1)c1ccccc1. The van der Waals surface area contributed by atoms with Gasteiger partial charge in [-0.2, -0.15) is 0 Å². The zero-order chi connectivity index (χ0) is 32.5. The molecule has 0 aliphatic heterocycles. The molecule has 0 unspecified atom stereocenters. The molecule has 0 radical (unpaired) electrons. The average molecular weight is 609 g/mol. The predicted octanol–water partition coefficient (Wildman–Crippen LogP) is 12.0. The fourth-order valence-electron chi connectivity index (χ4n) is 5.95. The van der Waals surface area contributed by atoms with Crippen molar-refractivity contribution in [1.29, 1.82) is 0 Å². The normalized spacial score (nSPS) is 11.5. The highest BCUT2D eigenvalue weighted by Gasteiger charge is 2.41. The maximum absolute atomic E-state index is 12.6. The minimum Gasteiger partial charge on any atom is -0.481 e. The first kappa shape index (κ1) is 39.4. The van der Waals surface area contributed by atoms with Gasteiger partial charge in [0, 0.05) is 6.42 Å². The summed E-state index contributed by atoms with van der Waals surface area (Å²) >= 11 is 0. The first-order valence-corrected chi connectivity index (χ1v) is 17.7. The Balaban J connectivity index is 0.000000681. The highest BCUT2D eigenvalue weighted by Crippen LogP contribution is 2.38. The molecule has 4 nitrogen and oxygen atoms in total. The molecule has 0 saturated heterocycles. The number of carbonyl (C=O) groups is 2. The molecule has 44 heavy (non-hydrogen) atoms. The van der Waals surface area contributed by atoms with Crippen LogP contribution < -0.4 is 0 Å². The molecule has 0 aliphatic rings. The van der Waals surface area contributed by atoms with Gasteiger partial charge in [-0.25, -0.2) is 0 Å². The molecule has 0 bridgehead atoms. The number of benzene rings is 2. The summed E-state index contributed by atoms with van der Waals surface area (Å²) in [5.41, 5.74) is 1.20. The highest BCUT2D eigenvalue weighted by molar-refractivity contribution is 5.86. The van der Waals surface area contributed by atoms with E-state index in [0.717, 1.165) is 43.2 Å². The zero-order valence-electron chi connectivity index (χ0n) is 28.6. The van der Waals surface area contributed by atoms with Crippen molar-refractivity contribution in [3.8, 4) is 0 Å². The van der Waals surface area contributed by atoms with E-state index in [1.54, 1.807) is 0 Å². The molecule has 0 aromatic heterocycles. The summed E-state index contributed by atoms with van der Waals surface area (Å²) in [6.45, 7) is 8.91. The van der Waals surface area contributed by atoms with E-state index >= 15 is 0 Å². The largest absolute Gasteiger partial charge is 0.481 e. The minimum absolute atomic E-state index is 0.324. The molecule has 0 aliphatic carbocycles. The Morgan fingerprint density at radius 1 is 0.523 bits per heavy atom. The van der Waals surface area contributed by atoms with Crippen LogP contribution in [0.1, 0.15) is 167 Å². The Bertz CT molecular complexity index is 938. The van der Waals surface area contributed by atoms with Crippen LogP contribution in [0.15, 0.2) is 60.7 Å². The van der Waals surface area contributed by atoms with E-state index < -0.39 is 17.4 Å². The Morgan fingerprint density at radius 3 is 1.25 bits per heavy atom. The van der Waals surface area contributed by atoms with Crippen LogP contribution in [0.25, 0.3) is 0 Å². The van der Waals surface area contributed by atoms with Gasteiger partial charge in [0.05, 0.1) is 0 Å². The van der Waals surface area contributed by atoms with Crippen LogP contribution in [0.4, 0.5) is 0 Å². The van der Waals surface area contributed by atoms with Crippen LogP contribution in [-0.2, 0) is 15.0 Å². The van der Waals surface area contributed by atoms with Gasteiger partial charge in [0.15, 0.2) is 0 Å². The Labute approximate surface area is 270 Å². The zero-order valence-corrected chi connectivity index (χ0v) is 28.6. The lowest BCUT2D eigenvalue weighted by Gasteiger charge is -2.31. The third kappa shape index (κ3) is 17.6. The van der Waals surface area contributed by atoms with Crippen molar-refractivity contribution in [1.82, 2.24) is 0 Å². The van der Waals surface area contributed by atoms with Crippen LogP contribution >= 0.6 is 0 Å². The van der Waals surface area contributed by atoms with Gasteiger partial charge in [0.2, 0.25) is 0 Å². The van der Waals surface area contributed by atoms with Crippen molar-refractivity contribution < 1.29 is 19.8 Å². The van der Waals surface area contributed by atoms with E-state index in [4.69, 9.17) is 5.11 Å². The van der Waals surface area contributed by atoms with Crippen molar-refractivity contribution in [3.63, 3.8) is 0 Å². The van der Waals surface area contributed by atoms with Gasteiger partial charge in [-0.3, -0.25) is 9.59 Å². The molecule has 0 atom stereocenters. The second kappa shape index (κ2) is 23.7. The number of carboxylic acid groups (broad SMARTS) is 2. The molecule has 2 aromatic carbocycles. The smallest absolute Gasteiger partial charge is 0.318 e. The van der Waals surface area contributed by atoms with Gasteiger partial charge >= 0.3 is 11.9 Å². The van der Waals surface area contributed by atoms with Crippen molar-refractivity contribution in [2.45, 2.75) is 162 Å². The van der Waals surface area contributed by atoms with E-state index in [1.807, 2.05) is 60.7 Å². The summed E-state index contributed by atoms with van der Waals surface area (Å²) in [4.78, 5) is 22.7. The molecule has 2 N–H and O–H groups in total. The summed E-state index contributed by atoms with van der Waals surface area (Å²) in [6, 6.07) is 19.5. The Morgan fingerprint density at radius 2 is 0.886 bits per heavy atom. The van der Waals surface area contributed by atoms with Gasteiger partial charge in [-0.1, -0.05) is 191 Å². The number of rotatable bonds is 23. The first-order chi connectivity index (χ1) is 21.1. The Hall–Kier alpha value is -2.62. The first-order valence-electron chi connectivity index (χ1n) is 17.7. The van der Waals surface area contributed by atoms with Crippen LogP contribution in [0.2, 0.25) is 0 Å². The minimum atomic E-state index is -0.959. The van der Waals surface area contributed by atoms with Crippen molar-refractivity contribution in [2.24, 2.45) is 5.41 Å². The Kier molecular flexibility index (Phi) is 21.2. The van der Waals surface area contributed by atoms with E-state index in [-0.39, 0.29) is 0 Å². The maximum Gasteiger partial charge on any atom is 0.318 e. The molecule has 2 rings (SSSR count). The van der Waals surface area contributed by atoms with Crippen LogP contribution in [0, 0.1) is 5.41 Å². The topological polar surface area (TPSA) is 74.6 Å². The number of unbranched alkanes of at least 4 members (excludes halogenated alkanes) is 15. The third-order valence-electron chi connectivity index (χ3n) is 8.62. The average Bonchev–Trinajstić information content (AvgIpc) is 2.99. The van der Waals surface area contributed by atoms with Crippen LogP contribution in [0.3, 0.4) is 0 Å². The molecular formula is C40H64O4. The molecule has 0 saturated carbocycles. The summed E-state index contributed by atoms with van der Waals surface area (Å²) in [5, 5.41) is 18.7. The number of hydrogen-bond donors (Lipinski definition) is 2. The predicted molar refractivity (Wildman–Crippen MR) is 186 cm³/mol. The summed E-state index contributed by atoms with van der Waals surface area (Å²) in [6.07, 6.45) is 23.5. The fourth-order valence-corrected chi connectivity index (χ4v) is 5.95. The van der Waals surface area contributed by atoms with Crippen molar-refractivity contribution in [2.75, 3.05) is 0 Å². The molecule has 2 aromatic rings. The molecule has 0 heterocycles. The van der Waals surface area contributed by atoms with E-state index in [1.165, 1.54) is 83.5 Å². The van der Waals surface area contributed by atoms with Gasteiger partial charge in [-0.15, -0.1) is 0 Å². The summed E-state index contributed by atoms with van der Waals surface area (Å²) < 4.78 is 0. The van der Waals surface area contributed by atoms with Crippen molar-refractivity contribution in [3.05, 3.63) is 71.8 Å². The summed E-state index contributed by atoms with van der Waals surface area (Å²) in [7, 11) is 0. The molecule has 4 heteroatoms. The lowest BCUT2D eigenvalue weighted by atomic mass is 9.71. The van der Waals surface area contributed by atoms with E-state index in [9.17, 15) is 14.7 Å². The number of carboxylic acids is 2. The number of hydrogen-bond acceptors (Lipinski definition) is 2. The van der Waals surface area contributed by atoms with Crippen LogP contribution in [-0.4, -0.2) is 22.2 Å². The molecule has 0 fully saturated rings. The third-order valence-corrected chi connectivity index (χ3v) is 8.62. The van der Waals surface area contributed by atoms with Crippen molar-refractivity contribution >= 4 is 11.9 Å². The lowest BCUT2D eigenvalue weighted by Crippen LogP contribution is -2.37. The molecule has 0 spiro atoms. The van der Waals surface area contributed by atoms with Gasteiger partial charge < -0.3 is 10.2 Å². The monoisotopic (exact) mass is 608 g/mol. The van der Waals surface area contributed by atoms with Gasteiger partial charge in [0.1, 0.15) is 5.41 Å². The van der Waals surface area contributed by atoms with Gasteiger partial charge in [0.25, 0.3) is 0 Å². The van der Waals surface area contributed by atoms with E-state index in [2.05, 4.69) is 27.7 Å². The highest BCUT2D eigenvalue weighted by atomic mass is 16.4. The molecular weight excluding hydrogens is 544 g/mol. The second-order valence-corrected chi connectivity index (χ2v) is 13.8. The second-order valence-electron chi connectivity index (χ2n) is 13.8. The van der Waals surface area contributed by atoms with E-state index in [0.29, 0.717) is 18.3 Å². The lowest BCUT2D eigenvalue weighted by molar-refractivity contribution is -0.142. The maximum atomic E-state index is 12.6. The quantitative estimate of drug-likeness (QED) is 0.123. The fraction of sp³-hybridized carbons (Fsp3) is 0.650. The molecule has 0 amide bonds.